The highest BCUT2D eigenvalue weighted by Gasteiger charge is 2.51. The van der Waals surface area contributed by atoms with E-state index in [1.54, 1.807) is 7.05 Å². The Kier molecular flexibility index (Phi) is 4.46. The molecule has 3 N–H and O–H groups in total. The van der Waals surface area contributed by atoms with E-state index in [4.69, 9.17) is 9.63 Å². The van der Waals surface area contributed by atoms with E-state index >= 15 is 0 Å². The number of rotatable bonds is 5. The van der Waals surface area contributed by atoms with Crippen LogP contribution in [0.25, 0.3) is 11.2 Å². The normalized spacial score (nSPS) is 28.3. The molecule has 124 valence electrons. The SMILES string of the molecule is CNc1ncnc2c1ncn2C1O[C@H](CO)C(O[P+](=O)O)C1F. The lowest BCUT2D eigenvalue weighted by Crippen LogP contribution is -2.32. The molecule has 5 atom stereocenters. The lowest BCUT2D eigenvalue weighted by molar-refractivity contribution is -0.0436. The van der Waals surface area contributed by atoms with Crippen molar-refractivity contribution in [2.75, 3.05) is 19.0 Å². The predicted molar refractivity (Wildman–Crippen MR) is 75.5 cm³/mol. The quantitative estimate of drug-likeness (QED) is 0.646. The summed E-state index contributed by atoms with van der Waals surface area (Å²) in [5.41, 5.74) is 0.742. The van der Waals surface area contributed by atoms with Gasteiger partial charge in [0.25, 0.3) is 0 Å². The Bertz CT molecular complexity index is 730. The third-order valence-corrected chi connectivity index (χ3v) is 3.95. The van der Waals surface area contributed by atoms with E-state index in [1.165, 1.54) is 17.2 Å². The number of fused-ring (bicyclic) bond motifs is 1. The Balaban J connectivity index is 1.97. The maximum absolute atomic E-state index is 14.6. The average molecular weight is 346 g/mol. The van der Waals surface area contributed by atoms with E-state index in [0.29, 0.717) is 17.0 Å². The predicted octanol–water partition coefficient (Wildman–Crippen LogP) is 0.131. The minimum Gasteiger partial charge on any atom is -0.394 e. The summed E-state index contributed by atoms with van der Waals surface area (Å²) in [6.07, 6.45) is -2.82. The fourth-order valence-corrected chi connectivity index (χ4v) is 2.98. The van der Waals surface area contributed by atoms with Gasteiger partial charge in [-0.3, -0.25) is 4.57 Å². The topological polar surface area (TPSA) is 132 Å². The molecule has 1 aliphatic rings. The minimum absolute atomic E-state index is 0.322. The average Bonchev–Trinajstić information content (AvgIpc) is 3.09. The third kappa shape index (κ3) is 2.77. The van der Waals surface area contributed by atoms with E-state index in [0.717, 1.165) is 0 Å². The second-order valence-electron chi connectivity index (χ2n) is 4.80. The molecule has 1 saturated heterocycles. The first-order chi connectivity index (χ1) is 11.1. The summed E-state index contributed by atoms with van der Waals surface area (Å²) in [6.45, 7) is -0.561. The summed E-state index contributed by atoms with van der Waals surface area (Å²) < 4.78 is 36.8. The van der Waals surface area contributed by atoms with Crippen LogP contribution in [-0.4, -0.2) is 61.6 Å². The van der Waals surface area contributed by atoms with Crippen LogP contribution in [0.2, 0.25) is 0 Å². The van der Waals surface area contributed by atoms with Crippen LogP contribution >= 0.6 is 8.25 Å². The molecule has 0 amide bonds. The molecular formula is C11H14FN5O5P+. The largest absolute Gasteiger partial charge is 0.695 e. The molecular weight excluding hydrogens is 332 g/mol. The molecule has 2 aromatic rings. The van der Waals surface area contributed by atoms with Gasteiger partial charge in [0.05, 0.1) is 12.9 Å². The molecule has 12 heteroatoms. The molecule has 23 heavy (non-hydrogen) atoms. The van der Waals surface area contributed by atoms with Crippen LogP contribution in [0, 0.1) is 0 Å². The summed E-state index contributed by atoms with van der Waals surface area (Å²) >= 11 is 0. The molecule has 3 heterocycles. The molecule has 0 aliphatic carbocycles. The van der Waals surface area contributed by atoms with E-state index < -0.39 is 39.5 Å². The van der Waals surface area contributed by atoms with Gasteiger partial charge in [-0.25, -0.2) is 19.3 Å². The highest BCUT2D eigenvalue weighted by molar-refractivity contribution is 7.32. The number of ether oxygens (including phenoxy) is 1. The Morgan fingerprint density at radius 1 is 1.52 bits per heavy atom. The van der Waals surface area contributed by atoms with Gasteiger partial charge < -0.3 is 15.2 Å². The number of aliphatic hydroxyl groups excluding tert-OH is 1. The van der Waals surface area contributed by atoms with Gasteiger partial charge in [0.15, 0.2) is 30.0 Å². The minimum atomic E-state index is -3.03. The van der Waals surface area contributed by atoms with Gasteiger partial charge in [-0.2, -0.15) is 0 Å². The van der Waals surface area contributed by atoms with Crippen molar-refractivity contribution in [2.45, 2.75) is 24.6 Å². The number of imidazole rings is 1. The van der Waals surface area contributed by atoms with Crippen LogP contribution in [0.5, 0.6) is 0 Å². The van der Waals surface area contributed by atoms with Gasteiger partial charge in [0.1, 0.15) is 17.9 Å². The molecule has 10 nitrogen and oxygen atoms in total. The number of aromatic nitrogens is 4. The van der Waals surface area contributed by atoms with Crippen molar-refractivity contribution in [3.63, 3.8) is 0 Å². The zero-order chi connectivity index (χ0) is 16.6. The zero-order valence-corrected chi connectivity index (χ0v) is 12.8. The Labute approximate surface area is 130 Å². The number of hydrogen-bond donors (Lipinski definition) is 3. The van der Waals surface area contributed by atoms with Crippen LogP contribution in [0.3, 0.4) is 0 Å². The van der Waals surface area contributed by atoms with E-state index in [1.807, 2.05) is 0 Å². The highest BCUT2D eigenvalue weighted by Crippen LogP contribution is 2.38. The molecule has 0 bridgehead atoms. The number of halogens is 1. The summed E-state index contributed by atoms with van der Waals surface area (Å²) in [5.74, 6) is 0.465. The van der Waals surface area contributed by atoms with Crippen molar-refractivity contribution in [3.05, 3.63) is 12.7 Å². The zero-order valence-electron chi connectivity index (χ0n) is 11.9. The number of hydrogen-bond acceptors (Lipinski definition) is 8. The van der Waals surface area contributed by atoms with Crippen molar-refractivity contribution in [3.8, 4) is 0 Å². The van der Waals surface area contributed by atoms with Crippen LogP contribution in [0.15, 0.2) is 12.7 Å². The molecule has 0 saturated carbocycles. The molecule has 0 radical (unpaired) electrons. The first-order valence-electron chi connectivity index (χ1n) is 6.65. The Hall–Kier alpha value is -1.78. The van der Waals surface area contributed by atoms with Gasteiger partial charge in [-0.1, -0.05) is 0 Å². The lowest BCUT2D eigenvalue weighted by atomic mass is 10.1. The monoisotopic (exact) mass is 346 g/mol. The number of aliphatic hydroxyl groups is 1. The smallest absolute Gasteiger partial charge is 0.394 e. The standard InChI is InChI=1S/C11H13FN5O5P/c1-13-9-7-10(15-3-14-9)17(4-16-7)11-6(12)8(22-23(19)20)5(2-18)21-11/h3-6,8,11,18H,2H2,1H3,(H-,13,14,15,19,20)/p+1/t5-,6?,8?,11?/m1/s1. The van der Waals surface area contributed by atoms with E-state index in [9.17, 15) is 14.1 Å². The molecule has 0 aromatic carbocycles. The van der Waals surface area contributed by atoms with Crippen LogP contribution < -0.4 is 5.32 Å². The van der Waals surface area contributed by atoms with Gasteiger partial charge >= 0.3 is 8.25 Å². The number of alkyl halides is 1. The first-order valence-corrected chi connectivity index (χ1v) is 7.78. The van der Waals surface area contributed by atoms with Crippen LogP contribution in [-0.2, 0) is 13.8 Å². The summed E-state index contributed by atoms with van der Waals surface area (Å²) in [6, 6.07) is 0. The van der Waals surface area contributed by atoms with Crippen LogP contribution in [0.1, 0.15) is 6.23 Å². The van der Waals surface area contributed by atoms with Gasteiger partial charge in [-0.05, 0) is 0 Å². The maximum Gasteiger partial charge on any atom is 0.695 e. The molecule has 1 aliphatic heterocycles. The molecule has 0 spiro atoms. The van der Waals surface area contributed by atoms with Crippen molar-refractivity contribution in [1.82, 2.24) is 19.5 Å². The molecule has 1 fully saturated rings. The third-order valence-electron chi connectivity index (χ3n) is 3.53. The number of nitrogens with one attached hydrogen (secondary N) is 1. The molecule has 4 unspecified atom stereocenters. The van der Waals surface area contributed by atoms with Crippen molar-refractivity contribution >= 4 is 25.2 Å². The fraction of sp³-hybridized carbons (Fsp3) is 0.545. The lowest BCUT2D eigenvalue weighted by Gasteiger charge is -2.14. The van der Waals surface area contributed by atoms with E-state index in [2.05, 4.69) is 24.8 Å². The van der Waals surface area contributed by atoms with Gasteiger partial charge in [0, 0.05) is 11.6 Å². The fourth-order valence-electron chi connectivity index (χ4n) is 2.52. The summed E-state index contributed by atoms with van der Waals surface area (Å²) in [4.78, 5) is 21.0. The van der Waals surface area contributed by atoms with Crippen molar-refractivity contribution in [1.29, 1.82) is 0 Å². The van der Waals surface area contributed by atoms with Gasteiger partial charge in [-0.15, -0.1) is 9.42 Å². The highest BCUT2D eigenvalue weighted by atomic mass is 31.1. The Morgan fingerprint density at radius 2 is 2.30 bits per heavy atom. The van der Waals surface area contributed by atoms with Crippen molar-refractivity contribution in [2.24, 2.45) is 0 Å². The summed E-state index contributed by atoms with van der Waals surface area (Å²) in [5, 5.41) is 12.1. The Morgan fingerprint density at radius 3 is 2.96 bits per heavy atom. The first kappa shape index (κ1) is 16.1. The molecule has 2 aromatic heterocycles. The second kappa shape index (κ2) is 6.38. The maximum atomic E-state index is 14.6. The second-order valence-corrected chi connectivity index (χ2v) is 5.48. The summed E-state index contributed by atoms with van der Waals surface area (Å²) in [7, 11) is -1.37. The molecule has 3 rings (SSSR count). The number of anilines is 1. The van der Waals surface area contributed by atoms with Crippen molar-refractivity contribution < 1.29 is 28.2 Å². The van der Waals surface area contributed by atoms with Crippen LogP contribution in [0.4, 0.5) is 10.2 Å². The number of nitrogens with zero attached hydrogens (tertiary/aromatic N) is 4. The van der Waals surface area contributed by atoms with Gasteiger partial charge in [0.2, 0.25) is 0 Å². The van der Waals surface area contributed by atoms with E-state index in [-0.39, 0.29) is 0 Å².